The van der Waals surface area contributed by atoms with Gasteiger partial charge in [-0.05, 0) is 61.8 Å². The highest BCUT2D eigenvalue weighted by Crippen LogP contribution is 2.40. The lowest BCUT2D eigenvalue weighted by Crippen LogP contribution is -2.48. The van der Waals surface area contributed by atoms with E-state index in [9.17, 15) is 9.59 Å². The number of nitrogens with zero attached hydrogens (tertiary/aromatic N) is 1. The van der Waals surface area contributed by atoms with Gasteiger partial charge in [0.2, 0.25) is 0 Å². The Morgan fingerprint density at radius 3 is 2.17 bits per heavy atom. The lowest BCUT2D eigenvalue weighted by Gasteiger charge is -2.37. The Balaban J connectivity index is 1.37. The van der Waals surface area contributed by atoms with Crippen molar-refractivity contribution in [3.63, 3.8) is 0 Å². The van der Waals surface area contributed by atoms with Crippen LogP contribution in [-0.4, -0.2) is 28.9 Å². The van der Waals surface area contributed by atoms with Gasteiger partial charge in [0.25, 0.3) is 0 Å². The van der Waals surface area contributed by atoms with Crippen LogP contribution >= 0.6 is 0 Å². The summed E-state index contributed by atoms with van der Waals surface area (Å²) in [7, 11) is 0. The molecule has 2 heterocycles. The van der Waals surface area contributed by atoms with Gasteiger partial charge in [-0.1, -0.05) is 48.5 Å². The summed E-state index contributed by atoms with van der Waals surface area (Å²) < 4.78 is 5.57. The predicted molar refractivity (Wildman–Crippen MR) is 113 cm³/mol. The Bertz CT molecular complexity index is 858. The van der Waals surface area contributed by atoms with Crippen molar-refractivity contribution in [2.24, 2.45) is 5.92 Å². The fourth-order valence-corrected chi connectivity index (χ4v) is 4.98. The highest BCUT2D eigenvalue weighted by Gasteiger charge is 2.45. The summed E-state index contributed by atoms with van der Waals surface area (Å²) >= 11 is 0. The summed E-state index contributed by atoms with van der Waals surface area (Å²) in [5.74, 6) is 0.362. The van der Waals surface area contributed by atoms with E-state index in [0.29, 0.717) is 18.8 Å². The average Bonchev–Trinajstić information content (AvgIpc) is 2.99. The van der Waals surface area contributed by atoms with Crippen LogP contribution in [0.4, 0.5) is 4.79 Å². The SMILES string of the molecule is Cc1cccc(C)c1CC(=O)C1CC2CCC(C1)N2C(=O)OCc1ccccc1. The molecule has 2 unspecified atom stereocenters. The fourth-order valence-electron chi connectivity index (χ4n) is 4.98. The van der Waals surface area contributed by atoms with Crippen LogP contribution in [0.15, 0.2) is 48.5 Å². The van der Waals surface area contributed by atoms with E-state index < -0.39 is 0 Å². The molecule has 4 heteroatoms. The van der Waals surface area contributed by atoms with Gasteiger partial charge in [-0.3, -0.25) is 4.79 Å². The van der Waals surface area contributed by atoms with Gasteiger partial charge in [0.05, 0.1) is 0 Å². The molecule has 0 radical (unpaired) electrons. The van der Waals surface area contributed by atoms with Gasteiger partial charge >= 0.3 is 6.09 Å². The number of rotatable bonds is 5. The zero-order valence-electron chi connectivity index (χ0n) is 17.3. The van der Waals surface area contributed by atoms with Crippen molar-refractivity contribution in [3.8, 4) is 0 Å². The van der Waals surface area contributed by atoms with Crippen molar-refractivity contribution < 1.29 is 14.3 Å². The Kier molecular flexibility index (Phi) is 5.70. The van der Waals surface area contributed by atoms with Crippen molar-refractivity contribution >= 4 is 11.9 Å². The van der Waals surface area contributed by atoms with Crippen molar-refractivity contribution in [1.29, 1.82) is 0 Å². The molecule has 2 atom stereocenters. The summed E-state index contributed by atoms with van der Waals surface area (Å²) in [5.41, 5.74) is 4.52. The van der Waals surface area contributed by atoms with E-state index in [0.717, 1.165) is 36.8 Å². The summed E-state index contributed by atoms with van der Waals surface area (Å²) in [6.45, 7) is 4.44. The van der Waals surface area contributed by atoms with E-state index in [2.05, 4.69) is 26.0 Å². The quantitative estimate of drug-likeness (QED) is 0.721. The first-order chi connectivity index (χ1) is 14.0. The standard InChI is InChI=1S/C25H29NO3/c1-17-7-6-8-18(2)23(17)15-24(27)20-13-21-11-12-22(14-20)26(21)25(28)29-16-19-9-4-3-5-10-19/h3-10,20-22H,11-16H2,1-2H3. The minimum absolute atomic E-state index is 0.0460. The number of hydrogen-bond donors (Lipinski definition) is 0. The molecule has 1 amide bonds. The molecule has 152 valence electrons. The highest BCUT2D eigenvalue weighted by atomic mass is 16.6. The number of benzene rings is 2. The largest absolute Gasteiger partial charge is 0.445 e. The van der Waals surface area contributed by atoms with Crippen LogP contribution in [0.2, 0.25) is 0 Å². The second-order valence-electron chi connectivity index (χ2n) is 8.51. The molecule has 0 spiro atoms. The second kappa shape index (κ2) is 8.40. The summed E-state index contributed by atoms with van der Waals surface area (Å²) in [5, 5.41) is 0. The Morgan fingerprint density at radius 2 is 1.55 bits per heavy atom. The molecule has 0 aromatic heterocycles. The predicted octanol–water partition coefficient (Wildman–Crippen LogP) is 4.99. The first-order valence-electron chi connectivity index (χ1n) is 10.6. The number of Topliss-reactive ketones (excluding diaryl/α,β-unsaturated/α-hetero) is 1. The van der Waals surface area contributed by atoms with E-state index in [1.165, 1.54) is 11.1 Å². The third-order valence-electron chi connectivity index (χ3n) is 6.60. The number of carbonyl (C=O) groups excluding carboxylic acids is 2. The van der Waals surface area contributed by atoms with Gasteiger partial charge in [-0.2, -0.15) is 0 Å². The van der Waals surface area contributed by atoms with E-state index in [1.807, 2.05) is 41.3 Å². The summed E-state index contributed by atoms with van der Waals surface area (Å²) in [6, 6.07) is 16.2. The average molecular weight is 392 g/mol. The van der Waals surface area contributed by atoms with Crippen molar-refractivity contribution in [3.05, 3.63) is 70.8 Å². The van der Waals surface area contributed by atoms with E-state index in [1.54, 1.807) is 0 Å². The number of carbonyl (C=O) groups is 2. The Morgan fingerprint density at radius 1 is 0.931 bits per heavy atom. The second-order valence-corrected chi connectivity index (χ2v) is 8.51. The van der Waals surface area contributed by atoms with Crippen LogP contribution in [0.3, 0.4) is 0 Å². The molecule has 2 aliphatic rings. The van der Waals surface area contributed by atoms with E-state index >= 15 is 0 Å². The van der Waals surface area contributed by atoms with Crippen molar-refractivity contribution in [2.75, 3.05) is 0 Å². The molecule has 4 rings (SSSR count). The topological polar surface area (TPSA) is 46.6 Å². The third-order valence-corrected chi connectivity index (χ3v) is 6.60. The molecule has 2 fully saturated rings. The molecule has 2 saturated heterocycles. The first-order valence-corrected chi connectivity index (χ1v) is 10.6. The Hall–Kier alpha value is -2.62. The number of aryl methyl sites for hydroxylation is 2. The van der Waals surface area contributed by atoms with Crippen LogP contribution in [0.5, 0.6) is 0 Å². The molecular formula is C25H29NO3. The molecule has 29 heavy (non-hydrogen) atoms. The minimum atomic E-state index is -0.234. The molecule has 0 saturated carbocycles. The van der Waals surface area contributed by atoms with Gasteiger partial charge in [0.1, 0.15) is 12.4 Å². The van der Waals surface area contributed by atoms with E-state index in [-0.39, 0.29) is 24.1 Å². The summed E-state index contributed by atoms with van der Waals surface area (Å²) in [4.78, 5) is 27.7. The smallest absolute Gasteiger partial charge is 0.410 e. The van der Waals surface area contributed by atoms with Gasteiger partial charge in [-0.25, -0.2) is 4.79 Å². The summed E-state index contributed by atoms with van der Waals surface area (Å²) in [6.07, 6.45) is 3.74. The van der Waals surface area contributed by atoms with Crippen LogP contribution in [-0.2, 0) is 22.6 Å². The molecule has 2 aromatic carbocycles. The van der Waals surface area contributed by atoms with Crippen LogP contribution in [0.25, 0.3) is 0 Å². The van der Waals surface area contributed by atoms with Gasteiger partial charge < -0.3 is 9.64 Å². The fraction of sp³-hybridized carbons (Fsp3) is 0.440. The highest BCUT2D eigenvalue weighted by molar-refractivity contribution is 5.84. The number of piperidine rings is 1. The monoisotopic (exact) mass is 391 g/mol. The van der Waals surface area contributed by atoms with Gasteiger partial charge in [-0.15, -0.1) is 0 Å². The van der Waals surface area contributed by atoms with Gasteiger partial charge in [0, 0.05) is 24.4 Å². The van der Waals surface area contributed by atoms with Crippen molar-refractivity contribution in [2.45, 2.75) is 64.6 Å². The lowest BCUT2D eigenvalue weighted by atomic mass is 9.84. The number of fused-ring (bicyclic) bond motifs is 2. The number of ether oxygens (including phenoxy) is 1. The zero-order chi connectivity index (χ0) is 20.4. The van der Waals surface area contributed by atoms with Crippen molar-refractivity contribution in [1.82, 2.24) is 4.90 Å². The maximum Gasteiger partial charge on any atom is 0.410 e. The van der Waals surface area contributed by atoms with Gasteiger partial charge in [0.15, 0.2) is 0 Å². The van der Waals surface area contributed by atoms with E-state index in [4.69, 9.17) is 4.74 Å². The number of ketones is 1. The molecular weight excluding hydrogens is 362 g/mol. The molecule has 4 nitrogen and oxygen atoms in total. The molecule has 0 N–H and O–H groups in total. The Labute approximate surface area is 172 Å². The maximum absolute atomic E-state index is 13.0. The minimum Gasteiger partial charge on any atom is -0.445 e. The lowest BCUT2D eigenvalue weighted by molar-refractivity contribution is -0.124. The maximum atomic E-state index is 13.0. The normalized spacial score (nSPS) is 23.1. The van der Waals surface area contributed by atoms with Crippen LogP contribution < -0.4 is 0 Å². The number of hydrogen-bond acceptors (Lipinski definition) is 3. The zero-order valence-corrected chi connectivity index (χ0v) is 17.3. The van der Waals surface area contributed by atoms with Crippen LogP contribution in [0, 0.1) is 19.8 Å². The number of amides is 1. The molecule has 2 aliphatic heterocycles. The van der Waals surface area contributed by atoms with Crippen LogP contribution in [0.1, 0.15) is 47.9 Å². The molecule has 2 bridgehead atoms. The first kappa shape index (κ1) is 19.7. The third kappa shape index (κ3) is 4.21. The molecule has 2 aromatic rings. The molecule has 0 aliphatic carbocycles.